The molecule has 19 heavy (non-hydrogen) atoms. The van der Waals surface area contributed by atoms with Gasteiger partial charge in [0.05, 0.1) is 25.1 Å². The predicted molar refractivity (Wildman–Crippen MR) is 72.0 cm³/mol. The van der Waals surface area contributed by atoms with Crippen LogP contribution in [-0.4, -0.2) is 42.4 Å². The van der Waals surface area contributed by atoms with E-state index < -0.39 is 12.1 Å². The number of nitrogens with zero attached hydrogens (tertiary/aromatic N) is 2. The van der Waals surface area contributed by atoms with Gasteiger partial charge in [-0.3, -0.25) is 0 Å². The highest BCUT2D eigenvalue weighted by Crippen LogP contribution is 2.26. The second-order valence-corrected chi connectivity index (χ2v) is 4.91. The molecule has 2 unspecified atom stereocenters. The first-order chi connectivity index (χ1) is 9.02. The third-order valence-corrected chi connectivity index (χ3v) is 3.51. The third kappa shape index (κ3) is 2.78. The van der Waals surface area contributed by atoms with Crippen molar-refractivity contribution in [3.63, 3.8) is 0 Å². The number of piperidine rings is 1. The highest BCUT2D eigenvalue weighted by atomic mass is 16.5. The van der Waals surface area contributed by atoms with E-state index >= 15 is 0 Å². The topological polar surface area (TPSA) is 88.7 Å². The van der Waals surface area contributed by atoms with Crippen LogP contribution in [0.1, 0.15) is 23.7 Å². The number of nitrogen functional groups attached to an aromatic ring is 1. The van der Waals surface area contributed by atoms with Crippen molar-refractivity contribution in [1.82, 2.24) is 4.98 Å². The van der Waals surface area contributed by atoms with E-state index in [0.717, 1.165) is 13.0 Å². The lowest BCUT2D eigenvalue weighted by Gasteiger charge is -2.35. The lowest BCUT2D eigenvalue weighted by Crippen LogP contribution is -2.43. The van der Waals surface area contributed by atoms with Crippen LogP contribution in [0, 0.1) is 5.92 Å². The van der Waals surface area contributed by atoms with Crippen molar-refractivity contribution in [3.8, 4) is 0 Å². The van der Waals surface area contributed by atoms with Crippen LogP contribution in [0.2, 0.25) is 0 Å². The number of methoxy groups -OCH3 is 1. The highest BCUT2D eigenvalue weighted by Gasteiger charge is 2.28. The Morgan fingerprint density at radius 2 is 2.37 bits per heavy atom. The number of nitrogens with two attached hydrogens (primary N) is 1. The smallest absolute Gasteiger partial charge is 0.341 e. The van der Waals surface area contributed by atoms with E-state index in [1.165, 1.54) is 13.3 Å². The number of rotatable bonds is 2. The molecule has 1 aromatic heterocycles. The summed E-state index contributed by atoms with van der Waals surface area (Å²) in [5.74, 6) is 0.307. The molecule has 6 nitrogen and oxygen atoms in total. The van der Waals surface area contributed by atoms with Crippen molar-refractivity contribution in [2.75, 3.05) is 30.8 Å². The molecule has 0 radical (unpaired) electrons. The molecule has 0 amide bonds. The Kier molecular flexibility index (Phi) is 3.90. The SMILES string of the molecule is COC(=O)c1cc(N)cnc1N1CCC(C)C(O)C1. The standard InChI is InChI=1S/C13H19N3O3/c1-8-3-4-16(7-11(8)17)12-10(13(18)19-2)5-9(14)6-15-12/h5-6,8,11,17H,3-4,7,14H2,1-2H3. The summed E-state index contributed by atoms with van der Waals surface area (Å²) in [6.07, 6.45) is 1.94. The fourth-order valence-corrected chi connectivity index (χ4v) is 2.23. The summed E-state index contributed by atoms with van der Waals surface area (Å²) < 4.78 is 4.75. The molecule has 1 fully saturated rings. The average molecular weight is 265 g/mol. The molecule has 2 heterocycles. The second-order valence-electron chi connectivity index (χ2n) is 4.91. The van der Waals surface area contributed by atoms with E-state index in [2.05, 4.69) is 4.98 Å². The first-order valence-electron chi connectivity index (χ1n) is 6.29. The van der Waals surface area contributed by atoms with Crippen molar-refractivity contribution in [1.29, 1.82) is 0 Å². The fourth-order valence-electron chi connectivity index (χ4n) is 2.23. The minimum absolute atomic E-state index is 0.256. The average Bonchev–Trinajstić information content (AvgIpc) is 2.41. The lowest BCUT2D eigenvalue weighted by molar-refractivity contribution is 0.0599. The van der Waals surface area contributed by atoms with Gasteiger partial charge in [0.2, 0.25) is 0 Å². The quantitative estimate of drug-likeness (QED) is 0.764. The first-order valence-corrected chi connectivity index (χ1v) is 6.29. The summed E-state index contributed by atoms with van der Waals surface area (Å²) in [6.45, 7) is 3.22. The van der Waals surface area contributed by atoms with Crippen LogP contribution in [-0.2, 0) is 4.74 Å². The molecule has 104 valence electrons. The van der Waals surface area contributed by atoms with Gasteiger partial charge in [0.15, 0.2) is 0 Å². The van der Waals surface area contributed by atoms with Gasteiger partial charge in [0.1, 0.15) is 11.4 Å². The van der Waals surface area contributed by atoms with Crippen molar-refractivity contribution < 1.29 is 14.6 Å². The molecule has 6 heteroatoms. The molecule has 2 rings (SSSR count). The van der Waals surface area contributed by atoms with Crippen LogP contribution in [0.4, 0.5) is 11.5 Å². The van der Waals surface area contributed by atoms with Crippen molar-refractivity contribution in [2.24, 2.45) is 5.92 Å². The molecule has 1 saturated heterocycles. The summed E-state index contributed by atoms with van der Waals surface area (Å²) in [4.78, 5) is 17.9. The van der Waals surface area contributed by atoms with Crippen molar-refractivity contribution in [3.05, 3.63) is 17.8 Å². The van der Waals surface area contributed by atoms with E-state index in [0.29, 0.717) is 23.6 Å². The van der Waals surface area contributed by atoms with E-state index in [9.17, 15) is 9.90 Å². The lowest BCUT2D eigenvalue weighted by atomic mass is 9.96. The molecular formula is C13H19N3O3. The minimum Gasteiger partial charge on any atom is -0.465 e. The van der Waals surface area contributed by atoms with Crippen molar-refractivity contribution >= 4 is 17.5 Å². The second kappa shape index (κ2) is 5.44. The molecule has 0 spiro atoms. The summed E-state index contributed by atoms with van der Waals surface area (Å²) in [5, 5.41) is 9.94. The molecule has 1 aliphatic rings. The zero-order valence-electron chi connectivity index (χ0n) is 11.2. The zero-order chi connectivity index (χ0) is 14.0. The largest absolute Gasteiger partial charge is 0.465 e. The molecule has 2 atom stereocenters. The first kappa shape index (κ1) is 13.6. The summed E-state index contributed by atoms with van der Waals surface area (Å²) >= 11 is 0. The number of aliphatic hydroxyl groups is 1. The fraction of sp³-hybridized carbons (Fsp3) is 0.538. The molecule has 1 aromatic rings. The number of esters is 1. The predicted octanol–water partition coefficient (Wildman–Crippen LogP) is 0.657. The number of anilines is 2. The maximum atomic E-state index is 11.8. The molecule has 0 bridgehead atoms. The number of aromatic nitrogens is 1. The van der Waals surface area contributed by atoms with Gasteiger partial charge >= 0.3 is 5.97 Å². The van der Waals surface area contributed by atoms with Crippen LogP contribution < -0.4 is 10.6 Å². The minimum atomic E-state index is -0.470. The van der Waals surface area contributed by atoms with Crippen LogP contribution in [0.15, 0.2) is 12.3 Å². The van der Waals surface area contributed by atoms with Crippen LogP contribution >= 0.6 is 0 Å². The normalized spacial score (nSPS) is 23.2. The van der Waals surface area contributed by atoms with E-state index in [-0.39, 0.29) is 5.92 Å². The highest BCUT2D eigenvalue weighted by molar-refractivity contribution is 5.95. The van der Waals surface area contributed by atoms with Gasteiger partial charge in [-0.1, -0.05) is 6.92 Å². The Labute approximate surface area is 112 Å². The zero-order valence-corrected chi connectivity index (χ0v) is 11.2. The molecule has 0 saturated carbocycles. The van der Waals surface area contributed by atoms with E-state index in [1.54, 1.807) is 6.07 Å². The van der Waals surface area contributed by atoms with Gasteiger partial charge in [-0.25, -0.2) is 9.78 Å². The number of aliphatic hydroxyl groups excluding tert-OH is 1. The molecule has 1 aliphatic heterocycles. The Morgan fingerprint density at radius 1 is 1.63 bits per heavy atom. The number of β-amino-alcohol motifs (C(OH)–C–C–N with tert-alkyl or cyclic N) is 1. The Hall–Kier alpha value is -1.82. The number of hydrogen-bond donors (Lipinski definition) is 2. The van der Waals surface area contributed by atoms with Gasteiger partial charge in [0, 0.05) is 13.1 Å². The Balaban J connectivity index is 2.31. The van der Waals surface area contributed by atoms with Crippen molar-refractivity contribution in [2.45, 2.75) is 19.4 Å². The van der Waals surface area contributed by atoms with Gasteiger partial charge < -0.3 is 20.5 Å². The third-order valence-electron chi connectivity index (χ3n) is 3.51. The summed E-state index contributed by atoms with van der Waals surface area (Å²) in [5.41, 5.74) is 6.41. The maximum absolute atomic E-state index is 11.8. The van der Waals surface area contributed by atoms with Crippen LogP contribution in [0.3, 0.4) is 0 Å². The number of ether oxygens (including phenoxy) is 1. The van der Waals surface area contributed by atoms with Crippen LogP contribution in [0.5, 0.6) is 0 Å². The van der Waals surface area contributed by atoms with E-state index in [1.807, 2.05) is 11.8 Å². The Morgan fingerprint density at radius 3 is 3.00 bits per heavy atom. The van der Waals surface area contributed by atoms with Gasteiger partial charge in [-0.15, -0.1) is 0 Å². The Bertz CT molecular complexity index is 478. The molecule has 3 N–H and O–H groups in total. The van der Waals surface area contributed by atoms with Gasteiger partial charge in [0.25, 0.3) is 0 Å². The van der Waals surface area contributed by atoms with Crippen LogP contribution in [0.25, 0.3) is 0 Å². The van der Waals surface area contributed by atoms with Gasteiger partial charge in [-0.05, 0) is 18.4 Å². The van der Waals surface area contributed by atoms with Gasteiger partial charge in [-0.2, -0.15) is 0 Å². The maximum Gasteiger partial charge on any atom is 0.341 e. The molecular weight excluding hydrogens is 246 g/mol. The monoisotopic (exact) mass is 265 g/mol. The molecule has 0 aliphatic carbocycles. The number of carbonyl (C=O) groups excluding carboxylic acids is 1. The number of pyridine rings is 1. The number of carbonyl (C=O) groups is 1. The summed E-state index contributed by atoms with van der Waals surface area (Å²) in [7, 11) is 1.32. The van der Waals surface area contributed by atoms with E-state index in [4.69, 9.17) is 10.5 Å². The molecule has 0 aromatic carbocycles. The summed E-state index contributed by atoms with van der Waals surface area (Å²) in [6, 6.07) is 1.55. The number of hydrogen-bond acceptors (Lipinski definition) is 6.